The van der Waals surface area contributed by atoms with Gasteiger partial charge in [0.2, 0.25) is 11.8 Å². The lowest BCUT2D eigenvalue weighted by molar-refractivity contribution is -0.139. The predicted molar refractivity (Wildman–Crippen MR) is 92.7 cm³/mol. The Balaban J connectivity index is 1.73. The lowest BCUT2D eigenvalue weighted by atomic mass is 10.1. The molecule has 0 bridgehead atoms. The van der Waals surface area contributed by atoms with E-state index < -0.39 is 0 Å². The zero-order valence-electron chi connectivity index (χ0n) is 14.5. The summed E-state index contributed by atoms with van der Waals surface area (Å²) in [6, 6.07) is 8.00. The number of para-hydroxylation sites is 1. The molecule has 0 aliphatic carbocycles. The van der Waals surface area contributed by atoms with Gasteiger partial charge in [0.25, 0.3) is 0 Å². The van der Waals surface area contributed by atoms with Crippen molar-refractivity contribution in [1.29, 1.82) is 0 Å². The van der Waals surface area contributed by atoms with Gasteiger partial charge >= 0.3 is 0 Å². The van der Waals surface area contributed by atoms with Crippen molar-refractivity contribution in [2.75, 3.05) is 26.9 Å². The summed E-state index contributed by atoms with van der Waals surface area (Å²) in [4.78, 5) is 25.7. The average molecular weight is 333 g/mol. The summed E-state index contributed by atoms with van der Waals surface area (Å²) in [5, 5.41) is 6.18. The van der Waals surface area contributed by atoms with Crippen LogP contribution in [-0.2, 0) is 16.0 Å². The van der Waals surface area contributed by atoms with Crippen LogP contribution < -0.4 is 15.4 Å². The van der Waals surface area contributed by atoms with Gasteiger partial charge in [0.05, 0.1) is 13.8 Å². The van der Waals surface area contributed by atoms with E-state index in [-0.39, 0.29) is 24.4 Å². The first-order valence-electron chi connectivity index (χ1n) is 8.53. The highest BCUT2D eigenvalue weighted by Crippen LogP contribution is 2.17. The molecule has 2 rings (SSSR count). The molecule has 1 aromatic rings. The van der Waals surface area contributed by atoms with Gasteiger partial charge in [0.15, 0.2) is 0 Å². The molecule has 1 aliphatic rings. The van der Waals surface area contributed by atoms with Crippen LogP contribution in [0.25, 0.3) is 0 Å². The van der Waals surface area contributed by atoms with Crippen LogP contribution in [0.1, 0.15) is 31.7 Å². The van der Waals surface area contributed by atoms with Crippen molar-refractivity contribution in [2.45, 2.75) is 38.6 Å². The van der Waals surface area contributed by atoms with Crippen LogP contribution in [0.15, 0.2) is 24.3 Å². The van der Waals surface area contributed by atoms with Crippen molar-refractivity contribution in [3.63, 3.8) is 0 Å². The van der Waals surface area contributed by atoms with E-state index in [1.807, 2.05) is 24.3 Å². The number of methoxy groups -OCH3 is 1. The van der Waals surface area contributed by atoms with Gasteiger partial charge in [-0.3, -0.25) is 14.9 Å². The summed E-state index contributed by atoms with van der Waals surface area (Å²) in [6.07, 6.45) is 3.21. The summed E-state index contributed by atoms with van der Waals surface area (Å²) in [7, 11) is 1.64. The van der Waals surface area contributed by atoms with Crippen molar-refractivity contribution >= 4 is 11.8 Å². The molecule has 1 heterocycles. The Morgan fingerprint density at radius 3 is 2.92 bits per heavy atom. The summed E-state index contributed by atoms with van der Waals surface area (Å²) < 4.78 is 5.29. The number of amides is 2. The minimum absolute atomic E-state index is 0.0482. The molecule has 1 fully saturated rings. The van der Waals surface area contributed by atoms with Gasteiger partial charge in [-0.05, 0) is 24.5 Å². The van der Waals surface area contributed by atoms with E-state index in [4.69, 9.17) is 4.74 Å². The number of rotatable bonds is 8. The minimum Gasteiger partial charge on any atom is -0.496 e. The molecule has 24 heavy (non-hydrogen) atoms. The van der Waals surface area contributed by atoms with Crippen LogP contribution in [0.3, 0.4) is 0 Å². The van der Waals surface area contributed by atoms with Gasteiger partial charge in [0, 0.05) is 19.0 Å². The Labute approximate surface area is 143 Å². The Hall–Kier alpha value is -2.08. The normalized spacial score (nSPS) is 17.7. The van der Waals surface area contributed by atoms with Gasteiger partial charge in [-0.2, -0.15) is 0 Å². The fourth-order valence-electron chi connectivity index (χ4n) is 2.91. The monoisotopic (exact) mass is 333 g/mol. The Kier molecular flexibility index (Phi) is 7.06. The lowest BCUT2D eigenvalue weighted by Crippen LogP contribution is -2.53. The summed E-state index contributed by atoms with van der Waals surface area (Å²) in [5.74, 6) is 0.741. The highest BCUT2D eigenvalue weighted by Gasteiger charge is 2.25. The topological polar surface area (TPSA) is 70.7 Å². The second-order valence-corrected chi connectivity index (χ2v) is 6.06. The van der Waals surface area contributed by atoms with Crippen LogP contribution in [0.4, 0.5) is 0 Å². The predicted octanol–water partition coefficient (Wildman–Crippen LogP) is 1.30. The number of nitrogens with zero attached hydrogens (tertiary/aromatic N) is 1. The SMILES string of the molecule is CCCC1CC(=O)N(CC(=O)NCCc2ccccc2OC)CN1. The number of hydrogen-bond donors (Lipinski definition) is 2. The highest BCUT2D eigenvalue weighted by molar-refractivity contribution is 5.85. The molecule has 6 heteroatoms. The first-order chi connectivity index (χ1) is 11.6. The molecule has 1 atom stereocenters. The van der Waals surface area contributed by atoms with E-state index in [9.17, 15) is 9.59 Å². The fourth-order valence-corrected chi connectivity index (χ4v) is 2.91. The maximum atomic E-state index is 12.1. The number of ether oxygens (including phenoxy) is 1. The van der Waals surface area contributed by atoms with Crippen LogP contribution in [0, 0.1) is 0 Å². The molecule has 1 saturated heterocycles. The van der Waals surface area contributed by atoms with E-state index in [1.165, 1.54) is 0 Å². The van der Waals surface area contributed by atoms with Crippen molar-refractivity contribution in [1.82, 2.24) is 15.5 Å². The number of benzene rings is 1. The maximum Gasteiger partial charge on any atom is 0.239 e. The first-order valence-corrected chi connectivity index (χ1v) is 8.53. The molecule has 1 aromatic carbocycles. The molecule has 0 radical (unpaired) electrons. The molecule has 0 aromatic heterocycles. The summed E-state index contributed by atoms with van der Waals surface area (Å²) in [6.45, 7) is 3.18. The van der Waals surface area contributed by atoms with Gasteiger partial charge in [-0.15, -0.1) is 0 Å². The van der Waals surface area contributed by atoms with E-state index in [2.05, 4.69) is 17.6 Å². The smallest absolute Gasteiger partial charge is 0.239 e. The van der Waals surface area contributed by atoms with Gasteiger partial charge < -0.3 is 15.0 Å². The largest absolute Gasteiger partial charge is 0.496 e. The van der Waals surface area contributed by atoms with Crippen LogP contribution >= 0.6 is 0 Å². The molecule has 0 spiro atoms. The average Bonchev–Trinajstić information content (AvgIpc) is 2.58. The molecule has 0 saturated carbocycles. The van der Waals surface area contributed by atoms with E-state index in [1.54, 1.807) is 12.0 Å². The molecule has 6 nitrogen and oxygen atoms in total. The van der Waals surface area contributed by atoms with Crippen molar-refractivity contribution in [3.05, 3.63) is 29.8 Å². The van der Waals surface area contributed by atoms with Crippen molar-refractivity contribution in [2.24, 2.45) is 0 Å². The zero-order valence-corrected chi connectivity index (χ0v) is 14.5. The van der Waals surface area contributed by atoms with E-state index in [0.717, 1.165) is 24.2 Å². The molecular weight excluding hydrogens is 306 g/mol. The van der Waals surface area contributed by atoms with Crippen molar-refractivity contribution in [3.8, 4) is 5.75 Å². The van der Waals surface area contributed by atoms with Gasteiger partial charge in [-0.25, -0.2) is 0 Å². The molecule has 2 amide bonds. The minimum atomic E-state index is -0.131. The quantitative estimate of drug-likeness (QED) is 0.752. The standard InChI is InChI=1S/C18H27N3O3/c1-3-6-15-11-18(23)21(13-20-15)12-17(22)19-10-9-14-7-4-5-8-16(14)24-2/h4-5,7-8,15,20H,3,6,9-13H2,1-2H3,(H,19,22). The van der Waals surface area contributed by atoms with E-state index in [0.29, 0.717) is 26.1 Å². The molecular formula is C18H27N3O3. The number of carbonyl (C=O) groups is 2. The first kappa shape index (κ1) is 18.3. The lowest BCUT2D eigenvalue weighted by Gasteiger charge is -2.32. The number of carbonyl (C=O) groups excluding carboxylic acids is 2. The number of hydrogen-bond acceptors (Lipinski definition) is 4. The van der Waals surface area contributed by atoms with Gasteiger partial charge in [0.1, 0.15) is 12.3 Å². The van der Waals surface area contributed by atoms with Crippen LogP contribution in [0.2, 0.25) is 0 Å². The molecule has 2 N–H and O–H groups in total. The second-order valence-electron chi connectivity index (χ2n) is 6.06. The third-order valence-electron chi connectivity index (χ3n) is 4.23. The molecule has 1 aliphatic heterocycles. The van der Waals surface area contributed by atoms with Crippen LogP contribution in [-0.4, -0.2) is 49.6 Å². The second kappa shape index (κ2) is 9.27. The Bertz CT molecular complexity index is 562. The Morgan fingerprint density at radius 2 is 2.21 bits per heavy atom. The summed E-state index contributed by atoms with van der Waals surface area (Å²) >= 11 is 0. The highest BCUT2D eigenvalue weighted by atomic mass is 16.5. The maximum absolute atomic E-state index is 12.1. The third-order valence-corrected chi connectivity index (χ3v) is 4.23. The van der Waals surface area contributed by atoms with Crippen LogP contribution in [0.5, 0.6) is 5.75 Å². The Morgan fingerprint density at radius 1 is 1.42 bits per heavy atom. The van der Waals surface area contributed by atoms with Gasteiger partial charge in [-0.1, -0.05) is 31.5 Å². The fraction of sp³-hybridized carbons (Fsp3) is 0.556. The van der Waals surface area contributed by atoms with E-state index >= 15 is 0 Å². The zero-order chi connectivity index (χ0) is 17.4. The van der Waals surface area contributed by atoms with Crippen molar-refractivity contribution < 1.29 is 14.3 Å². The summed E-state index contributed by atoms with van der Waals surface area (Å²) in [5.41, 5.74) is 1.05. The molecule has 1 unspecified atom stereocenters. The molecule has 132 valence electrons. The third kappa shape index (κ3) is 5.23. The number of nitrogens with one attached hydrogen (secondary N) is 2.